The molecular formula is C7H10O4. The van der Waals surface area contributed by atoms with E-state index in [9.17, 15) is 9.59 Å². The lowest BCUT2D eigenvalue weighted by Gasteiger charge is -2.31. The summed E-state index contributed by atoms with van der Waals surface area (Å²) in [6.07, 6.45) is 0.539. The molecule has 0 aliphatic carbocycles. The van der Waals surface area contributed by atoms with E-state index in [0.29, 0.717) is 6.29 Å². The quantitative estimate of drug-likeness (QED) is 0.309. The standard InChI is InChI=1S/C7H10O4/c1-7(2)10-4-5(3-8)6(9)11-7/h3,5H,4H2,1-2H3. The zero-order valence-electron chi connectivity index (χ0n) is 6.49. The van der Waals surface area contributed by atoms with E-state index in [1.807, 2.05) is 0 Å². The van der Waals surface area contributed by atoms with Crippen LogP contribution in [-0.2, 0) is 19.1 Å². The van der Waals surface area contributed by atoms with Crippen molar-refractivity contribution in [3.05, 3.63) is 0 Å². The second-order valence-electron chi connectivity index (χ2n) is 2.87. The van der Waals surface area contributed by atoms with E-state index < -0.39 is 17.7 Å². The maximum atomic E-state index is 10.9. The smallest absolute Gasteiger partial charge is 0.321 e. The largest absolute Gasteiger partial charge is 0.433 e. The van der Waals surface area contributed by atoms with Crippen LogP contribution in [0, 0.1) is 5.92 Å². The summed E-state index contributed by atoms with van der Waals surface area (Å²) < 4.78 is 9.85. The second kappa shape index (κ2) is 2.62. The first-order chi connectivity index (χ1) is 5.05. The number of carbonyl (C=O) groups is 2. The summed E-state index contributed by atoms with van der Waals surface area (Å²) in [5, 5.41) is 0. The average Bonchev–Trinajstić information content (AvgIpc) is 1.86. The Labute approximate surface area is 64.5 Å². The Morgan fingerprint density at radius 3 is 2.73 bits per heavy atom. The van der Waals surface area contributed by atoms with Gasteiger partial charge in [0.25, 0.3) is 0 Å². The summed E-state index contributed by atoms with van der Waals surface area (Å²) in [5.74, 6) is -2.13. The summed E-state index contributed by atoms with van der Waals surface area (Å²) in [7, 11) is 0. The normalized spacial score (nSPS) is 29.3. The van der Waals surface area contributed by atoms with Gasteiger partial charge < -0.3 is 14.3 Å². The lowest BCUT2D eigenvalue weighted by Crippen LogP contribution is -2.43. The van der Waals surface area contributed by atoms with Gasteiger partial charge >= 0.3 is 5.97 Å². The molecule has 1 rings (SSSR count). The molecular weight excluding hydrogens is 148 g/mol. The average molecular weight is 158 g/mol. The van der Waals surface area contributed by atoms with E-state index in [1.54, 1.807) is 13.8 Å². The fraction of sp³-hybridized carbons (Fsp3) is 0.714. The van der Waals surface area contributed by atoms with Crippen molar-refractivity contribution in [2.45, 2.75) is 19.6 Å². The van der Waals surface area contributed by atoms with Gasteiger partial charge in [-0.1, -0.05) is 0 Å². The Balaban J connectivity index is 2.62. The van der Waals surface area contributed by atoms with E-state index in [2.05, 4.69) is 0 Å². The molecule has 1 fully saturated rings. The van der Waals surface area contributed by atoms with E-state index in [-0.39, 0.29) is 6.61 Å². The van der Waals surface area contributed by atoms with E-state index in [0.717, 1.165) is 0 Å². The molecule has 1 aliphatic heterocycles. The van der Waals surface area contributed by atoms with Gasteiger partial charge in [-0.05, 0) is 0 Å². The number of carbonyl (C=O) groups excluding carboxylic acids is 2. The third-order valence-electron chi connectivity index (χ3n) is 1.42. The molecule has 0 spiro atoms. The summed E-state index contributed by atoms with van der Waals surface area (Å²) in [4.78, 5) is 21.1. The number of ether oxygens (including phenoxy) is 2. The highest BCUT2D eigenvalue weighted by Gasteiger charge is 2.35. The predicted octanol–water partition coefficient (Wildman–Crippen LogP) is 0.111. The number of rotatable bonds is 1. The van der Waals surface area contributed by atoms with Crippen LogP contribution in [0.15, 0.2) is 0 Å². The summed E-state index contributed by atoms with van der Waals surface area (Å²) in [6, 6.07) is 0. The molecule has 1 atom stereocenters. The highest BCUT2D eigenvalue weighted by atomic mass is 16.7. The van der Waals surface area contributed by atoms with Crippen molar-refractivity contribution in [1.82, 2.24) is 0 Å². The van der Waals surface area contributed by atoms with Crippen LogP contribution in [0.1, 0.15) is 13.8 Å². The molecule has 0 amide bonds. The Morgan fingerprint density at radius 2 is 2.27 bits per heavy atom. The van der Waals surface area contributed by atoms with Crippen molar-refractivity contribution in [3.63, 3.8) is 0 Å². The van der Waals surface area contributed by atoms with E-state index >= 15 is 0 Å². The lowest BCUT2D eigenvalue weighted by atomic mass is 10.1. The fourth-order valence-corrected chi connectivity index (χ4v) is 0.801. The highest BCUT2D eigenvalue weighted by molar-refractivity contribution is 5.88. The van der Waals surface area contributed by atoms with Crippen LogP contribution in [-0.4, -0.2) is 24.6 Å². The first-order valence-electron chi connectivity index (χ1n) is 3.37. The fourth-order valence-electron chi connectivity index (χ4n) is 0.801. The third kappa shape index (κ3) is 1.77. The molecule has 1 heterocycles. The molecule has 0 aromatic rings. The zero-order valence-corrected chi connectivity index (χ0v) is 6.49. The SMILES string of the molecule is CC1(C)OCC(C=O)C(=O)O1. The van der Waals surface area contributed by atoms with Crippen LogP contribution in [0.3, 0.4) is 0 Å². The lowest BCUT2D eigenvalue weighted by molar-refractivity contribution is -0.244. The molecule has 4 nitrogen and oxygen atoms in total. The Hall–Kier alpha value is -0.900. The first kappa shape index (κ1) is 8.20. The second-order valence-corrected chi connectivity index (χ2v) is 2.87. The van der Waals surface area contributed by atoms with Crippen LogP contribution in [0.2, 0.25) is 0 Å². The van der Waals surface area contributed by atoms with Crippen molar-refractivity contribution in [2.75, 3.05) is 6.61 Å². The number of esters is 1. The van der Waals surface area contributed by atoms with Gasteiger partial charge in [-0.2, -0.15) is 0 Å². The number of hydrogen-bond acceptors (Lipinski definition) is 4. The third-order valence-corrected chi connectivity index (χ3v) is 1.42. The number of cyclic esters (lactones) is 1. The van der Waals surface area contributed by atoms with Crippen LogP contribution in [0.25, 0.3) is 0 Å². The molecule has 0 saturated carbocycles. The summed E-state index contributed by atoms with van der Waals surface area (Å²) in [6.45, 7) is 3.38. The Bertz CT molecular complexity index is 185. The molecule has 11 heavy (non-hydrogen) atoms. The molecule has 0 aromatic carbocycles. The van der Waals surface area contributed by atoms with Gasteiger partial charge in [0.1, 0.15) is 12.2 Å². The molecule has 4 heteroatoms. The molecule has 1 saturated heterocycles. The van der Waals surface area contributed by atoms with Gasteiger partial charge in [-0.15, -0.1) is 0 Å². The van der Waals surface area contributed by atoms with Gasteiger partial charge in [0.05, 0.1) is 6.61 Å². The van der Waals surface area contributed by atoms with Crippen LogP contribution in [0.4, 0.5) is 0 Å². The molecule has 0 bridgehead atoms. The minimum absolute atomic E-state index is 0.120. The molecule has 1 aliphatic rings. The van der Waals surface area contributed by atoms with Crippen LogP contribution < -0.4 is 0 Å². The van der Waals surface area contributed by atoms with Gasteiger partial charge in [0, 0.05) is 13.8 Å². The van der Waals surface area contributed by atoms with Crippen molar-refractivity contribution in [1.29, 1.82) is 0 Å². The van der Waals surface area contributed by atoms with Crippen molar-refractivity contribution < 1.29 is 19.1 Å². The van der Waals surface area contributed by atoms with Crippen molar-refractivity contribution in [3.8, 4) is 0 Å². The van der Waals surface area contributed by atoms with Crippen molar-refractivity contribution in [2.24, 2.45) is 5.92 Å². The van der Waals surface area contributed by atoms with Crippen LogP contribution in [0.5, 0.6) is 0 Å². The number of hydrogen-bond donors (Lipinski definition) is 0. The van der Waals surface area contributed by atoms with Crippen LogP contribution >= 0.6 is 0 Å². The minimum atomic E-state index is -0.878. The maximum Gasteiger partial charge on any atom is 0.321 e. The monoisotopic (exact) mass is 158 g/mol. The van der Waals surface area contributed by atoms with E-state index in [4.69, 9.17) is 9.47 Å². The summed E-state index contributed by atoms with van der Waals surface area (Å²) in [5.41, 5.74) is 0. The van der Waals surface area contributed by atoms with Gasteiger partial charge in [-0.25, -0.2) is 0 Å². The van der Waals surface area contributed by atoms with Gasteiger partial charge in [0.15, 0.2) is 0 Å². The first-order valence-corrected chi connectivity index (χ1v) is 3.37. The summed E-state index contributed by atoms with van der Waals surface area (Å²) >= 11 is 0. The predicted molar refractivity (Wildman–Crippen MR) is 35.7 cm³/mol. The Kier molecular flexibility index (Phi) is 1.95. The maximum absolute atomic E-state index is 10.9. The topological polar surface area (TPSA) is 52.6 Å². The molecule has 0 N–H and O–H groups in total. The van der Waals surface area contributed by atoms with E-state index in [1.165, 1.54) is 0 Å². The minimum Gasteiger partial charge on any atom is -0.433 e. The Morgan fingerprint density at radius 1 is 1.64 bits per heavy atom. The highest BCUT2D eigenvalue weighted by Crippen LogP contribution is 2.20. The molecule has 0 radical (unpaired) electrons. The zero-order chi connectivity index (χ0) is 8.48. The van der Waals surface area contributed by atoms with Gasteiger partial charge in [0.2, 0.25) is 5.79 Å². The molecule has 1 unspecified atom stereocenters. The molecule has 0 aromatic heterocycles. The molecule has 62 valence electrons. The van der Waals surface area contributed by atoms with Gasteiger partial charge in [-0.3, -0.25) is 4.79 Å². The number of aldehydes is 1. The van der Waals surface area contributed by atoms with Crippen molar-refractivity contribution >= 4 is 12.3 Å².